The summed E-state index contributed by atoms with van der Waals surface area (Å²) in [7, 11) is 0. The van der Waals surface area contributed by atoms with Crippen molar-refractivity contribution in [1.29, 1.82) is 0 Å². The van der Waals surface area contributed by atoms with Gasteiger partial charge in [-0.2, -0.15) is 9.78 Å². The van der Waals surface area contributed by atoms with Gasteiger partial charge in [0.15, 0.2) is 0 Å². The van der Waals surface area contributed by atoms with E-state index in [1.807, 2.05) is 19.1 Å². The monoisotopic (exact) mass is 369 g/mol. The van der Waals surface area contributed by atoms with E-state index in [0.717, 1.165) is 17.7 Å². The zero-order valence-corrected chi connectivity index (χ0v) is 16.5. The second-order valence-electron chi connectivity index (χ2n) is 7.15. The molecule has 0 unspecified atom stereocenters. The summed E-state index contributed by atoms with van der Waals surface area (Å²) >= 11 is 1.53. The van der Waals surface area contributed by atoms with Crippen LogP contribution in [0.2, 0.25) is 0 Å². The van der Waals surface area contributed by atoms with Crippen LogP contribution in [0.4, 0.5) is 5.82 Å². The van der Waals surface area contributed by atoms with Crippen molar-refractivity contribution in [2.45, 2.75) is 46.5 Å². The normalized spacial score (nSPS) is 11.6. The van der Waals surface area contributed by atoms with E-state index >= 15 is 0 Å². The highest BCUT2D eigenvalue weighted by Crippen LogP contribution is 2.27. The van der Waals surface area contributed by atoms with Crippen molar-refractivity contribution < 1.29 is 4.79 Å². The standard InChI is InChI=1S/C19H23N5OS/c1-6-13-12(2)10-14(26-13)17(25)22-16-11-15(19(3,4)5)23-24(16)18-20-8-7-9-21-18/h7-11H,6H2,1-5H3,(H,22,25). The van der Waals surface area contributed by atoms with Gasteiger partial charge in [0, 0.05) is 28.8 Å². The number of anilines is 1. The number of carbonyl (C=O) groups is 1. The molecule has 3 aromatic rings. The summed E-state index contributed by atoms with van der Waals surface area (Å²) < 4.78 is 1.58. The number of aryl methyl sites for hydroxylation is 2. The molecule has 7 heteroatoms. The molecule has 0 atom stereocenters. The Morgan fingerprint density at radius 1 is 1.23 bits per heavy atom. The first-order chi connectivity index (χ1) is 12.3. The largest absolute Gasteiger partial charge is 0.306 e. The van der Waals surface area contributed by atoms with E-state index in [0.29, 0.717) is 16.6 Å². The van der Waals surface area contributed by atoms with E-state index in [4.69, 9.17) is 0 Å². The first kappa shape index (κ1) is 18.3. The quantitative estimate of drug-likeness (QED) is 0.750. The molecule has 0 radical (unpaired) electrons. The summed E-state index contributed by atoms with van der Waals surface area (Å²) in [6, 6.07) is 5.56. The van der Waals surface area contributed by atoms with Gasteiger partial charge in [-0.05, 0) is 31.0 Å². The molecule has 0 aliphatic rings. The zero-order chi connectivity index (χ0) is 18.9. The number of hydrogen-bond acceptors (Lipinski definition) is 5. The summed E-state index contributed by atoms with van der Waals surface area (Å²) in [6.07, 6.45) is 4.23. The first-order valence-corrected chi connectivity index (χ1v) is 9.40. The zero-order valence-electron chi connectivity index (χ0n) is 15.7. The maximum Gasteiger partial charge on any atom is 0.266 e. The molecule has 0 saturated heterocycles. The number of hydrogen-bond donors (Lipinski definition) is 1. The molecule has 3 rings (SSSR count). The van der Waals surface area contributed by atoms with E-state index in [9.17, 15) is 4.79 Å². The molecule has 1 amide bonds. The maximum atomic E-state index is 12.8. The minimum atomic E-state index is -0.158. The van der Waals surface area contributed by atoms with Gasteiger partial charge in [-0.15, -0.1) is 11.3 Å². The molecule has 0 spiro atoms. The Hall–Kier alpha value is -2.54. The molecule has 6 nitrogen and oxygen atoms in total. The van der Waals surface area contributed by atoms with E-state index in [1.54, 1.807) is 23.1 Å². The van der Waals surface area contributed by atoms with Gasteiger partial charge in [0.1, 0.15) is 5.82 Å². The smallest absolute Gasteiger partial charge is 0.266 e. The van der Waals surface area contributed by atoms with Crippen molar-refractivity contribution in [3.05, 3.63) is 51.6 Å². The van der Waals surface area contributed by atoms with Crippen molar-refractivity contribution in [3.63, 3.8) is 0 Å². The van der Waals surface area contributed by atoms with Gasteiger partial charge in [-0.1, -0.05) is 27.7 Å². The van der Waals surface area contributed by atoms with Gasteiger partial charge in [0.2, 0.25) is 0 Å². The minimum absolute atomic E-state index is 0.143. The predicted molar refractivity (Wildman–Crippen MR) is 104 cm³/mol. The molecule has 0 bridgehead atoms. The number of nitrogens with zero attached hydrogens (tertiary/aromatic N) is 4. The highest BCUT2D eigenvalue weighted by atomic mass is 32.1. The van der Waals surface area contributed by atoms with Crippen molar-refractivity contribution >= 4 is 23.1 Å². The number of amides is 1. The van der Waals surface area contributed by atoms with Crippen molar-refractivity contribution in [1.82, 2.24) is 19.7 Å². The van der Waals surface area contributed by atoms with E-state index in [2.05, 4.69) is 48.1 Å². The first-order valence-electron chi connectivity index (χ1n) is 8.58. The van der Waals surface area contributed by atoms with Crippen molar-refractivity contribution in [2.75, 3.05) is 5.32 Å². The van der Waals surface area contributed by atoms with E-state index < -0.39 is 0 Å². The van der Waals surface area contributed by atoms with Crippen molar-refractivity contribution in [3.8, 4) is 5.95 Å². The maximum absolute atomic E-state index is 12.8. The summed E-state index contributed by atoms with van der Waals surface area (Å²) in [6.45, 7) is 10.4. The molecule has 26 heavy (non-hydrogen) atoms. The molecule has 1 N–H and O–H groups in total. The van der Waals surface area contributed by atoms with Crippen LogP contribution in [0.1, 0.15) is 53.5 Å². The van der Waals surface area contributed by atoms with E-state index in [-0.39, 0.29) is 11.3 Å². The van der Waals surface area contributed by atoms with Crippen LogP contribution in [0.5, 0.6) is 0 Å². The van der Waals surface area contributed by atoms with Crippen LogP contribution in [0, 0.1) is 6.92 Å². The molecule has 0 saturated carbocycles. The second-order valence-corrected chi connectivity index (χ2v) is 8.29. The fraction of sp³-hybridized carbons (Fsp3) is 0.368. The van der Waals surface area contributed by atoms with Gasteiger partial charge in [-0.3, -0.25) is 4.79 Å². The third-order valence-electron chi connectivity index (χ3n) is 4.03. The number of rotatable bonds is 4. The topological polar surface area (TPSA) is 72.7 Å². The van der Waals surface area contributed by atoms with Crippen LogP contribution in [0.3, 0.4) is 0 Å². The molecule has 136 valence electrons. The summed E-state index contributed by atoms with van der Waals surface area (Å²) in [5.74, 6) is 0.848. The van der Waals surface area contributed by atoms with Gasteiger partial charge >= 0.3 is 0 Å². The molecule has 0 fully saturated rings. The van der Waals surface area contributed by atoms with Crippen molar-refractivity contribution in [2.24, 2.45) is 0 Å². The van der Waals surface area contributed by atoms with Gasteiger partial charge < -0.3 is 5.32 Å². The van der Waals surface area contributed by atoms with Crippen LogP contribution in [-0.4, -0.2) is 25.7 Å². The van der Waals surface area contributed by atoms with Gasteiger partial charge in [0.05, 0.1) is 10.6 Å². The lowest BCUT2D eigenvalue weighted by Crippen LogP contribution is -2.15. The van der Waals surface area contributed by atoms with Crippen LogP contribution in [-0.2, 0) is 11.8 Å². The fourth-order valence-electron chi connectivity index (χ4n) is 2.55. The summed E-state index contributed by atoms with van der Waals surface area (Å²) in [5.41, 5.74) is 1.85. The number of carbonyl (C=O) groups excluding carboxylic acids is 1. The lowest BCUT2D eigenvalue weighted by molar-refractivity contribution is 0.102. The van der Waals surface area contributed by atoms with Gasteiger partial charge in [0.25, 0.3) is 11.9 Å². The summed E-state index contributed by atoms with van der Waals surface area (Å²) in [4.78, 5) is 23.2. The molecule has 0 aromatic carbocycles. The third-order valence-corrected chi connectivity index (χ3v) is 5.41. The summed E-state index contributed by atoms with van der Waals surface area (Å²) in [5, 5.41) is 7.59. The highest BCUT2D eigenvalue weighted by Gasteiger charge is 2.23. The van der Waals surface area contributed by atoms with E-state index in [1.165, 1.54) is 16.2 Å². The SMILES string of the molecule is CCc1sc(C(=O)Nc2cc(C(C)(C)C)nn2-c2ncccn2)cc1C. The Labute approximate surface area is 157 Å². The second kappa shape index (κ2) is 6.99. The van der Waals surface area contributed by atoms with Gasteiger partial charge in [-0.25, -0.2) is 9.97 Å². The molecule has 0 aliphatic heterocycles. The molecule has 3 heterocycles. The average Bonchev–Trinajstić information content (AvgIpc) is 3.19. The molecular formula is C19H23N5OS. The van der Waals surface area contributed by atoms with Crippen LogP contribution in [0.15, 0.2) is 30.6 Å². The Kier molecular flexibility index (Phi) is 4.91. The third kappa shape index (κ3) is 3.67. The predicted octanol–water partition coefficient (Wildman–Crippen LogP) is 4.14. The lowest BCUT2D eigenvalue weighted by Gasteiger charge is -2.13. The Bertz CT molecular complexity index is 921. The Balaban J connectivity index is 1.98. The van der Waals surface area contributed by atoms with Crippen LogP contribution >= 0.6 is 11.3 Å². The molecular weight excluding hydrogens is 346 g/mol. The minimum Gasteiger partial charge on any atom is -0.306 e. The Morgan fingerprint density at radius 3 is 2.50 bits per heavy atom. The number of nitrogens with one attached hydrogen (secondary N) is 1. The lowest BCUT2D eigenvalue weighted by atomic mass is 9.92. The average molecular weight is 369 g/mol. The highest BCUT2D eigenvalue weighted by molar-refractivity contribution is 7.14. The Morgan fingerprint density at radius 2 is 1.92 bits per heavy atom. The van der Waals surface area contributed by atoms with Crippen LogP contribution in [0.25, 0.3) is 5.95 Å². The number of thiophene rings is 1. The fourth-order valence-corrected chi connectivity index (χ4v) is 3.56. The van der Waals surface area contributed by atoms with Crippen LogP contribution < -0.4 is 5.32 Å². The molecule has 0 aliphatic carbocycles. The molecule has 3 aromatic heterocycles. The number of aromatic nitrogens is 4.